The molecule has 1 N–H and O–H groups in total. The zero-order valence-electron chi connectivity index (χ0n) is 9.47. The summed E-state index contributed by atoms with van der Waals surface area (Å²) in [7, 11) is 2.14. The van der Waals surface area contributed by atoms with Crippen LogP contribution in [-0.2, 0) is 6.42 Å². The van der Waals surface area contributed by atoms with Gasteiger partial charge in [0, 0.05) is 24.9 Å². The third-order valence-electron chi connectivity index (χ3n) is 3.55. The first kappa shape index (κ1) is 9.91. The lowest BCUT2D eigenvalue weighted by molar-refractivity contribution is -0.496. The van der Waals surface area contributed by atoms with Crippen molar-refractivity contribution in [1.82, 2.24) is 4.98 Å². The standard InChI is InChI=1S/C13H13ClN2/c1-8-10-3-4-11(14)13-12(10)9(7-15-13)5-6-16(8)2/h3-4,7H,5-6H2,1-2H3/p+1. The molecule has 1 aromatic carbocycles. The first-order chi connectivity index (χ1) is 7.68. The molecule has 1 aliphatic heterocycles. The molecule has 0 aliphatic carbocycles. The number of aromatic nitrogens is 1. The number of rotatable bonds is 0. The van der Waals surface area contributed by atoms with Gasteiger partial charge in [-0.1, -0.05) is 11.6 Å². The Morgan fingerprint density at radius 2 is 2.19 bits per heavy atom. The van der Waals surface area contributed by atoms with E-state index in [9.17, 15) is 0 Å². The highest BCUT2D eigenvalue weighted by molar-refractivity contribution is 6.36. The van der Waals surface area contributed by atoms with Crippen molar-refractivity contribution in [2.45, 2.75) is 13.3 Å². The van der Waals surface area contributed by atoms with Crippen molar-refractivity contribution >= 4 is 28.2 Å². The van der Waals surface area contributed by atoms with Crippen LogP contribution in [0.15, 0.2) is 18.3 Å². The molecule has 0 radical (unpaired) electrons. The van der Waals surface area contributed by atoms with Gasteiger partial charge >= 0.3 is 0 Å². The summed E-state index contributed by atoms with van der Waals surface area (Å²) in [4.78, 5) is 3.29. The lowest BCUT2D eigenvalue weighted by Crippen LogP contribution is -2.16. The van der Waals surface area contributed by atoms with Crippen LogP contribution < -0.4 is 0 Å². The van der Waals surface area contributed by atoms with E-state index < -0.39 is 0 Å². The molecule has 82 valence electrons. The summed E-state index contributed by atoms with van der Waals surface area (Å²) >= 11 is 6.21. The minimum atomic E-state index is 0.808. The summed E-state index contributed by atoms with van der Waals surface area (Å²) in [6, 6.07) is 4.10. The van der Waals surface area contributed by atoms with Crippen LogP contribution >= 0.6 is 11.6 Å². The number of hydrogen-bond acceptors (Lipinski definition) is 0. The van der Waals surface area contributed by atoms with Gasteiger partial charge in [0.05, 0.1) is 16.1 Å². The molecule has 2 nitrogen and oxygen atoms in total. The number of H-pyrrole nitrogens is 1. The first-order valence-electron chi connectivity index (χ1n) is 5.52. The summed E-state index contributed by atoms with van der Waals surface area (Å²) in [6.45, 7) is 3.23. The highest BCUT2D eigenvalue weighted by Crippen LogP contribution is 2.30. The maximum atomic E-state index is 6.21. The van der Waals surface area contributed by atoms with Gasteiger partial charge in [0.15, 0.2) is 5.71 Å². The van der Waals surface area contributed by atoms with Gasteiger partial charge < -0.3 is 4.98 Å². The molecule has 2 heterocycles. The number of hydrogen-bond donors (Lipinski definition) is 1. The molecule has 0 bridgehead atoms. The van der Waals surface area contributed by atoms with Crippen LogP contribution in [0.5, 0.6) is 0 Å². The fraction of sp³-hybridized carbons (Fsp3) is 0.308. The van der Waals surface area contributed by atoms with Gasteiger partial charge in [0.2, 0.25) is 0 Å². The summed E-state index contributed by atoms with van der Waals surface area (Å²) in [5.74, 6) is 0. The van der Waals surface area contributed by atoms with Crippen LogP contribution in [0.25, 0.3) is 10.9 Å². The summed E-state index contributed by atoms with van der Waals surface area (Å²) in [5, 5.41) is 2.11. The normalized spacial score (nSPS) is 15.7. The monoisotopic (exact) mass is 233 g/mol. The van der Waals surface area contributed by atoms with Crippen LogP contribution in [0, 0.1) is 0 Å². The molecular weight excluding hydrogens is 220 g/mol. The second-order valence-corrected chi connectivity index (χ2v) is 4.82. The smallest absolute Gasteiger partial charge is 0.180 e. The average Bonchev–Trinajstić information content (AvgIpc) is 2.66. The van der Waals surface area contributed by atoms with Gasteiger partial charge in [-0.2, -0.15) is 0 Å². The van der Waals surface area contributed by atoms with Gasteiger partial charge in [-0.05, 0) is 17.7 Å². The quantitative estimate of drug-likeness (QED) is 0.675. The Hall–Kier alpha value is -1.28. The van der Waals surface area contributed by atoms with Gasteiger partial charge in [0.25, 0.3) is 0 Å². The van der Waals surface area contributed by atoms with Crippen molar-refractivity contribution < 1.29 is 4.58 Å². The van der Waals surface area contributed by atoms with E-state index in [-0.39, 0.29) is 0 Å². The molecule has 0 spiro atoms. The van der Waals surface area contributed by atoms with Crippen molar-refractivity contribution in [1.29, 1.82) is 0 Å². The second kappa shape index (κ2) is 3.36. The molecule has 1 aliphatic rings. The minimum absolute atomic E-state index is 0.808. The number of halogens is 1. The van der Waals surface area contributed by atoms with Crippen LogP contribution in [0.2, 0.25) is 5.02 Å². The lowest BCUT2D eigenvalue weighted by atomic mass is 10.0. The second-order valence-electron chi connectivity index (χ2n) is 4.42. The molecule has 16 heavy (non-hydrogen) atoms. The molecule has 0 saturated carbocycles. The van der Waals surface area contributed by atoms with Gasteiger partial charge in [0.1, 0.15) is 13.6 Å². The topological polar surface area (TPSA) is 18.8 Å². The fourth-order valence-corrected chi connectivity index (χ4v) is 2.66. The third kappa shape index (κ3) is 1.23. The van der Waals surface area contributed by atoms with E-state index in [4.69, 9.17) is 11.6 Å². The number of nitrogens with zero attached hydrogens (tertiary/aromatic N) is 1. The summed E-state index contributed by atoms with van der Waals surface area (Å²) in [5.41, 5.74) is 5.07. The number of likely N-dealkylation sites (N-methyl/N-ethyl adjacent to an activating group) is 1. The largest absolute Gasteiger partial charge is 0.360 e. The Morgan fingerprint density at radius 1 is 1.38 bits per heavy atom. The van der Waals surface area contributed by atoms with E-state index in [1.807, 2.05) is 6.07 Å². The van der Waals surface area contributed by atoms with Crippen molar-refractivity contribution in [3.8, 4) is 0 Å². The third-order valence-corrected chi connectivity index (χ3v) is 3.86. The van der Waals surface area contributed by atoms with Gasteiger partial charge in [-0.3, -0.25) is 0 Å². The van der Waals surface area contributed by atoms with Crippen LogP contribution in [0.4, 0.5) is 0 Å². The van der Waals surface area contributed by atoms with Crippen molar-refractivity contribution in [3.63, 3.8) is 0 Å². The molecule has 0 fully saturated rings. The molecular formula is C13H14ClN2+. The highest BCUT2D eigenvalue weighted by Gasteiger charge is 2.21. The Bertz CT molecular complexity index is 608. The molecule has 0 atom stereocenters. The fourth-order valence-electron chi connectivity index (χ4n) is 2.44. The molecule has 0 unspecified atom stereocenters. The zero-order chi connectivity index (χ0) is 11.3. The zero-order valence-corrected chi connectivity index (χ0v) is 10.2. The van der Waals surface area contributed by atoms with Crippen LogP contribution in [0.1, 0.15) is 18.1 Å². The van der Waals surface area contributed by atoms with Crippen LogP contribution in [0.3, 0.4) is 0 Å². The molecule has 1 aromatic heterocycles. The molecule has 3 heteroatoms. The maximum absolute atomic E-state index is 6.21. The molecule has 0 saturated heterocycles. The van der Waals surface area contributed by atoms with Crippen molar-refractivity contribution in [2.75, 3.05) is 13.6 Å². The summed E-state index contributed by atoms with van der Waals surface area (Å²) in [6.07, 6.45) is 3.16. The first-order valence-corrected chi connectivity index (χ1v) is 5.90. The Kier molecular flexibility index (Phi) is 2.08. The van der Waals surface area contributed by atoms with Gasteiger partial charge in [-0.25, -0.2) is 4.58 Å². The van der Waals surface area contributed by atoms with E-state index in [0.29, 0.717) is 0 Å². The van der Waals surface area contributed by atoms with E-state index in [2.05, 4.69) is 35.8 Å². The number of nitrogens with one attached hydrogen (secondary N) is 1. The summed E-state index contributed by atoms with van der Waals surface area (Å²) < 4.78 is 2.31. The van der Waals surface area contributed by atoms with E-state index in [1.54, 1.807) is 0 Å². The van der Waals surface area contributed by atoms with E-state index >= 15 is 0 Å². The van der Waals surface area contributed by atoms with Crippen molar-refractivity contribution in [2.24, 2.45) is 0 Å². The minimum Gasteiger partial charge on any atom is -0.360 e. The predicted molar refractivity (Wildman–Crippen MR) is 67.8 cm³/mol. The van der Waals surface area contributed by atoms with Crippen LogP contribution in [-0.4, -0.2) is 28.9 Å². The Labute approximate surface area is 99.5 Å². The maximum Gasteiger partial charge on any atom is 0.180 e. The van der Waals surface area contributed by atoms with E-state index in [0.717, 1.165) is 23.5 Å². The average molecular weight is 234 g/mol. The Morgan fingerprint density at radius 3 is 3.00 bits per heavy atom. The van der Waals surface area contributed by atoms with Crippen molar-refractivity contribution in [3.05, 3.63) is 34.5 Å². The van der Waals surface area contributed by atoms with Gasteiger partial charge in [-0.15, -0.1) is 0 Å². The number of aromatic amines is 1. The Balaban J connectivity index is 2.47. The SMILES string of the molecule is CC1=[N+](C)CCc2c[nH]c3c(Cl)ccc1c23. The molecule has 2 aromatic rings. The molecule has 3 rings (SSSR count). The van der Waals surface area contributed by atoms with E-state index in [1.165, 1.54) is 22.2 Å². The number of benzene rings is 1. The highest BCUT2D eigenvalue weighted by atomic mass is 35.5. The molecule has 0 amide bonds. The predicted octanol–water partition coefficient (Wildman–Crippen LogP) is 2.83. The lowest BCUT2D eigenvalue weighted by Gasteiger charge is -2.02.